The molecule has 28 heavy (non-hydrogen) atoms. The molecule has 0 fully saturated rings. The molecule has 0 aromatic heterocycles. The van der Waals surface area contributed by atoms with Gasteiger partial charge in [0.2, 0.25) is 0 Å². The molecular weight excluding hydrogens is 368 g/mol. The lowest BCUT2D eigenvalue weighted by atomic mass is 10.2. The maximum absolute atomic E-state index is 12.0. The standard InChI is InChI=1S/C20H18O8/c1-25-19(23)13-7-3-5-9-15(13)27-17(21)11-12-18(22)28-16-10-6-4-8-14(16)20(24)26-2/h3-10H,11-12H2,1-2H3. The molecule has 8 heteroatoms. The predicted octanol–water partition coefficient (Wildman–Crippen LogP) is 2.55. The van der Waals surface area contributed by atoms with Gasteiger partial charge in [0, 0.05) is 0 Å². The molecule has 0 N–H and O–H groups in total. The Bertz CT molecular complexity index is 814. The van der Waals surface area contributed by atoms with Crippen LogP contribution in [0.5, 0.6) is 11.5 Å². The molecular formula is C20H18O8. The molecule has 0 heterocycles. The number of benzene rings is 2. The maximum atomic E-state index is 12.0. The van der Waals surface area contributed by atoms with E-state index in [2.05, 4.69) is 9.47 Å². The van der Waals surface area contributed by atoms with Crippen LogP contribution in [0.3, 0.4) is 0 Å². The number of methoxy groups -OCH3 is 2. The van der Waals surface area contributed by atoms with Crippen LogP contribution in [0, 0.1) is 0 Å². The Morgan fingerprint density at radius 2 is 1.00 bits per heavy atom. The van der Waals surface area contributed by atoms with Gasteiger partial charge in [-0.3, -0.25) is 9.59 Å². The van der Waals surface area contributed by atoms with Crippen LogP contribution in [0.1, 0.15) is 33.6 Å². The molecule has 0 radical (unpaired) electrons. The summed E-state index contributed by atoms with van der Waals surface area (Å²) in [6.45, 7) is 0. The van der Waals surface area contributed by atoms with Gasteiger partial charge in [-0.15, -0.1) is 0 Å². The van der Waals surface area contributed by atoms with Crippen molar-refractivity contribution in [2.24, 2.45) is 0 Å². The van der Waals surface area contributed by atoms with Crippen LogP contribution in [0.4, 0.5) is 0 Å². The van der Waals surface area contributed by atoms with Crippen LogP contribution in [0.15, 0.2) is 48.5 Å². The van der Waals surface area contributed by atoms with Crippen molar-refractivity contribution in [3.63, 3.8) is 0 Å². The highest BCUT2D eigenvalue weighted by Gasteiger charge is 2.18. The van der Waals surface area contributed by atoms with Crippen molar-refractivity contribution in [1.29, 1.82) is 0 Å². The zero-order chi connectivity index (χ0) is 20.5. The fourth-order valence-corrected chi connectivity index (χ4v) is 2.22. The summed E-state index contributed by atoms with van der Waals surface area (Å²) in [6.07, 6.45) is -0.566. The molecule has 0 saturated heterocycles. The average molecular weight is 386 g/mol. The van der Waals surface area contributed by atoms with E-state index < -0.39 is 23.9 Å². The van der Waals surface area contributed by atoms with Gasteiger partial charge >= 0.3 is 23.9 Å². The van der Waals surface area contributed by atoms with Gasteiger partial charge in [0.1, 0.15) is 22.6 Å². The summed E-state index contributed by atoms with van der Waals surface area (Å²) in [7, 11) is 2.42. The van der Waals surface area contributed by atoms with Crippen LogP contribution in [-0.4, -0.2) is 38.1 Å². The molecule has 0 unspecified atom stereocenters. The number of hydrogen-bond donors (Lipinski definition) is 0. The molecule has 0 amide bonds. The molecule has 0 aliphatic heterocycles. The smallest absolute Gasteiger partial charge is 0.341 e. The lowest BCUT2D eigenvalue weighted by Gasteiger charge is -2.09. The van der Waals surface area contributed by atoms with Crippen LogP contribution in [-0.2, 0) is 19.1 Å². The van der Waals surface area contributed by atoms with E-state index in [9.17, 15) is 19.2 Å². The minimum atomic E-state index is -0.727. The Morgan fingerprint density at radius 3 is 1.36 bits per heavy atom. The molecule has 2 rings (SSSR count). The molecule has 2 aromatic carbocycles. The quantitative estimate of drug-likeness (QED) is 0.528. The van der Waals surface area contributed by atoms with E-state index in [1.54, 1.807) is 24.3 Å². The topological polar surface area (TPSA) is 105 Å². The third-order valence-electron chi connectivity index (χ3n) is 3.57. The van der Waals surface area contributed by atoms with E-state index >= 15 is 0 Å². The van der Waals surface area contributed by atoms with E-state index in [0.29, 0.717) is 0 Å². The monoisotopic (exact) mass is 386 g/mol. The van der Waals surface area contributed by atoms with Gasteiger partial charge in [-0.1, -0.05) is 24.3 Å². The van der Waals surface area contributed by atoms with Gasteiger partial charge < -0.3 is 18.9 Å². The first kappa shape index (κ1) is 20.6. The number of carbonyl (C=O) groups is 4. The molecule has 2 aromatic rings. The molecule has 146 valence electrons. The molecule has 8 nitrogen and oxygen atoms in total. The number of carbonyl (C=O) groups excluding carboxylic acids is 4. The third kappa shape index (κ3) is 5.41. The van der Waals surface area contributed by atoms with Crippen LogP contribution >= 0.6 is 0 Å². The van der Waals surface area contributed by atoms with Gasteiger partial charge in [0.25, 0.3) is 0 Å². The van der Waals surface area contributed by atoms with Crippen molar-refractivity contribution in [1.82, 2.24) is 0 Å². The summed E-state index contributed by atoms with van der Waals surface area (Å²) in [4.78, 5) is 47.3. The van der Waals surface area contributed by atoms with Gasteiger partial charge in [-0.05, 0) is 24.3 Å². The van der Waals surface area contributed by atoms with Gasteiger partial charge in [-0.2, -0.15) is 0 Å². The SMILES string of the molecule is COC(=O)c1ccccc1OC(=O)CCC(=O)Oc1ccccc1C(=O)OC. The second kappa shape index (κ2) is 9.86. The highest BCUT2D eigenvalue weighted by molar-refractivity contribution is 5.94. The number of hydrogen-bond acceptors (Lipinski definition) is 8. The summed E-state index contributed by atoms with van der Waals surface area (Å²) in [5, 5.41) is 0. The van der Waals surface area contributed by atoms with Crippen molar-refractivity contribution in [3.05, 3.63) is 59.7 Å². The van der Waals surface area contributed by atoms with Gasteiger partial charge in [0.05, 0.1) is 27.1 Å². The zero-order valence-electron chi connectivity index (χ0n) is 15.3. The molecule has 0 atom stereocenters. The lowest BCUT2D eigenvalue weighted by molar-refractivity contribution is -0.140. The first-order chi connectivity index (χ1) is 13.5. The third-order valence-corrected chi connectivity index (χ3v) is 3.57. The van der Waals surface area contributed by atoms with Crippen molar-refractivity contribution < 1.29 is 38.1 Å². The molecule has 0 aliphatic carbocycles. The van der Waals surface area contributed by atoms with Crippen molar-refractivity contribution in [2.45, 2.75) is 12.8 Å². The summed E-state index contributed by atoms with van der Waals surface area (Å²) in [5.74, 6) is -2.69. The van der Waals surface area contributed by atoms with Crippen LogP contribution in [0.2, 0.25) is 0 Å². The zero-order valence-corrected chi connectivity index (χ0v) is 15.3. The van der Waals surface area contributed by atoms with Crippen LogP contribution in [0.25, 0.3) is 0 Å². The largest absolute Gasteiger partial charge is 0.465 e. The number of para-hydroxylation sites is 2. The number of rotatable bonds is 7. The second-order valence-electron chi connectivity index (χ2n) is 5.42. The fourth-order valence-electron chi connectivity index (χ4n) is 2.22. The van der Waals surface area contributed by atoms with Crippen molar-refractivity contribution in [3.8, 4) is 11.5 Å². The summed E-state index contributed by atoms with van der Waals surface area (Å²) in [6, 6.07) is 12.2. The Balaban J connectivity index is 1.95. The molecule has 0 aliphatic rings. The number of ether oxygens (including phenoxy) is 4. The van der Waals surface area contributed by atoms with E-state index in [0.717, 1.165) is 0 Å². The Hall–Kier alpha value is -3.68. The highest BCUT2D eigenvalue weighted by atomic mass is 16.6. The fraction of sp³-hybridized carbons (Fsp3) is 0.200. The first-order valence-electron chi connectivity index (χ1n) is 8.22. The van der Waals surface area contributed by atoms with Gasteiger partial charge in [-0.25, -0.2) is 9.59 Å². The van der Waals surface area contributed by atoms with Crippen molar-refractivity contribution >= 4 is 23.9 Å². The maximum Gasteiger partial charge on any atom is 0.341 e. The minimum absolute atomic E-state index is 0.0313. The van der Waals surface area contributed by atoms with E-state index in [1.807, 2.05) is 0 Å². The summed E-state index contributed by atoms with van der Waals surface area (Å²) in [5.41, 5.74) is 0.181. The van der Waals surface area contributed by atoms with Crippen molar-refractivity contribution in [2.75, 3.05) is 14.2 Å². The van der Waals surface area contributed by atoms with Crippen LogP contribution < -0.4 is 9.47 Å². The summed E-state index contributed by atoms with van der Waals surface area (Å²) >= 11 is 0. The predicted molar refractivity (Wildman–Crippen MR) is 96.1 cm³/mol. The molecule has 0 bridgehead atoms. The molecule has 0 spiro atoms. The second-order valence-corrected chi connectivity index (χ2v) is 5.42. The Kier molecular flexibility index (Phi) is 7.27. The summed E-state index contributed by atoms with van der Waals surface area (Å²) < 4.78 is 19.5. The highest BCUT2D eigenvalue weighted by Crippen LogP contribution is 2.21. The van der Waals surface area contributed by atoms with E-state index in [4.69, 9.17) is 9.47 Å². The Morgan fingerprint density at radius 1 is 0.643 bits per heavy atom. The Labute approximate surface area is 161 Å². The minimum Gasteiger partial charge on any atom is -0.465 e. The molecule has 0 saturated carbocycles. The van der Waals surface area contributed by atoms with Gasteiger partial charge in [0.15, 0.2) is 0 Å². The normalized spacial score (nSPS) is 9.93. The van der Waals surface area contributed by atoms with E-state index in [1.165, 1.54) is 38.5 Å². The first-order valence-corrected chi connectivity index (χ1v) is 8.22. The van der Waals surface area contributed by atoms with E-state index in [-0.39, 0.29) is 35.5 Å². The lowest BCUT2D eigenvalue weighted by Crippen LogP contribution is -2.16. The number of esters is 4. The average Bonchev–Trinajstić information content (AvgIpc) is 2.72.